The van der Waals surface area contributed by atoms with E-state index in [1.165, 1.54) is 11.8 Å². The highest BCUT2D eigenvalue weighted by Crippen LogP contribution is 2.06. The maximum Gasteiger partial charge on any atom is 0.354 e. The molecule has 0 aromatic carbocycles. The minimum atomic E-state index is -2.27. The molecule has 0 aromatic heterocycles. The van der Waals surface area contributed by atoms with E-state index in [9.17, 15) is 19.5 Å². The lowest BCUT2D eigenvalue weighted by atomic mass is 10.2. The SMILES string of the molecule is CSCCC(N)C(=O)N(C(=O)CN)C(O)C(=O)O. The van der Waals surface area contributed by atoms with Crippen molar-refractivity contribution in [3.63, 3.8) is 0 Å². The van der Waals surface area contributed by atoms with Gasteiger partial charge in [-0.1, -0.05) is 0 Å². The Balaban J connectivity index is 4.91. The molecule has 0 saturated heterocycles. The molecule has 0 aliphatic carbocycles. The molecule has 0 saturated carbocycles. The van der Waals surface area contributed by atoms with Gasteiger partial charge in [0.1, 0.15) is 0 Å². The van der Waals surface area contributed by atoms with E-state index in [0.717, 1.165) is 0 Å². The van der Waals surface area contributed by atoms with E-state index in [0.29, 0.717) is 5.75 Å². The van der Waals surface area contributed by atoms with E-state index in [1.807, 2.05) is 6.26 Å². The van der Waals surface area contributed by atoms with Gasteiger partial charge >= 0.3 is 5.97 Å². The zero-order valence-corrected chi connectivity index (χ0v) is 10.7. The lowest BCUT2D eigenvalue weighted by Gasteiger charge is -2.25. The third-order valence-corrected chi connectivity index (χ3v) is 2.74. The Morgan fingerprint density at radius 2 is 1.94 bits per heavy atom. The first-order valence-electron chi connectivity index (χ1n) is 5.08. The molecule has 0 spiro atoms. The summed E-state index contributed by atoms with van der Waals surface area (Å²) in [4.78, 5) is 34.0. The van der Waals surface area contributed by atoms with Gasteiger partial charge in [-0.25, -0.2) is 9.69 Å². The molecule has 9 heteroatoms. The highest BCUT2D eigenvalue weighted by atomic mass is 32.2. The van der Waals surface area contributed by atoms with Crippen molar-refractivity contribution in [2.75, 3.05) is 18.6 Å². The number of carboxylic acids is 1. The predicted molar refractivity (Wildman–Crippen MR) is 65.5 cm³/mol. The molecule has 2 atom stereocenters. The van der Waals surface area contributed by atoms with Gasteiger partial charge in [-0.3, -0.25) is 9.59 Å². The second-order valence-corrected chi connectivity index (χ2v) is 4.39. The summed E-state index contributed by atoms with van der Waals surface area (Å²) in [5.41, 5.74) is 10.6. The van der Waals surface area contributed by atoms with Gasteiger partial charge in [0, 0.05) is 0 Å². The number of carbonyl (C=O) groups excluding carboxylic acids is 2. The van der Waals surface area contributed by atoms with Crippen LogP contribution in [0.3, 0.4) is 0 Å². The Hall–Kier alpha value is -1.16. The fourth-order valence-corrected chi connectivity index (χ4v) is 1.63. The molecular weight excluding hydrogens is 262 g/mol. The molecule has 6 N–H and O–H groups in total. The molecular formula is C9H17N3O5S. The van der Waals surface area contributed by atoms with Crippen molar-refractivity contribution in [1.82, 2.24) is 4.90 Å². The number of thioether (sulfide) groups is 1. The lowest BCUT2D eigenvalue weighted by Crippen LogP contribution is -2.55. The molecule has 104 valence electrons. The molecule has 0 aliphatic rings. The van der Waals surface area contributed by atoms with Crippen LogP contribution in [-0.4, -0.2) is 63.7 Å². The van der Waals surface area contributed by atoms with Crippen LogP contribution in [0.25, 0.3) is 0 Å². The summed E-state index contributed by atoms with van der Waals surface area (Å²) in [7, 11) is 0. The first-order chi connectivity index (χ1) is 8.36. The quantitative estimate of drug-likeness (QED) is 0.383. The molecule has 0 rings (SSSR count). The molecule has 0 aromatic rings. The van der Waals surface area contributed by atoms with Crippen LogP contribution in [0.1, 0.15) is 6.42 Å². The van der Waals surface area contributed by atoms with Crippen LogP contribution in [0.5, 0.6) is 0 Å². The maximum absolute atomic E-state index is 11.8. The van der Waals surface area contributed by atoms with Crippen molar-refractivity contribution < 1.29 is 24.6 Å². The monoisotopic (exact) mass is 279 g/mol. The number of carboxylic acid groups (broad SMARTS) is 1. The van der Waals surface area contributed by atoms with Crippen molar-refractivity contribution in [3.8, 4) is 0 Å². The third-order valence-electron chi connectivity index (χ3n) is 2.10. The normalized spacial score (nSPS) is 13.8. The smallest absolute Gasteiger partial charge is 0.354 e. The van der Waals surface area contributed by atoms with Crippen LogP contribution in [-0.2, 0) is 14.4 Å². The molecule has 0 fully saturated rings. The van der Waals surface area contributed by atoms with Crippen molar-refractivity contribution in [1.29, 1.82) is 0 Å². The predicted octanol–water partition coefficient (Wildman–Crippen LogP) is -2.22. The Labute approximate surface area is 108 Å². The van der Waals surface area contributed by atoms with E-state index in [2.05, 4.69) is 0 Å². The van der Waals surface area contributed by atoms with Gasteiger partial charge in [-0.15, -0.1) is 0 Å². The first kappa shape index (κ1) is 16.8. The van der Waals surface area contributed by atoms with Gasteiger partial charge in [0.25, 0.3) is 0 Å². The van der Waals surface area contributed by atoms with Gasteiger partial charge < -0.3 is 21.7 Å². The standard InChI is InChI=1S/C9H17N3O5S/c1-18-3-2-5(11)7(14)12(6(13)4-10)8(15)9(16)17/h5,8,15H,2-4,10-11H2,1H3,(H,16,17). The van der Waals surface area contributed by atoms with Crippen molar-refractivity contribution >= 4 is 29.5 Å². The van der Waals surface area contributed by atoms with Crippen LogP contribution in [0, 0.1) is 0 Å². The van der Waals surface area contributed by atoms with E-state index in [-0.39, 0.29) is 11.3 Å². The van der Waals surface area contributed by atoms with Crippen LogP contribution >= 0.6 is 11.8 Å². The van der Waals surface area contributed by atoms with Gasteiger partial charge in [0.05, 0.1) is 12.6 Å². The Bertz CT molecular complexity index is 325. The number of nitrogens with two attached hydrogens (primary N) is 2. The second kappa shape index (κ2) is 8.03. The fraction of sp³-hybridized carbons (Fsp3) is 0.667. The largest absolute Gasteiger partial charge is 0.478 e. The van der Waals surface area contributed by atoms with Crippen LogP contribution in [0.15, 0.2) is 0 Å². The Kier molecular flexibility index (Phi) is 7.51. The summed E-state index contributed by atoms with van der Waals surface area (Å²) in [5.74, 6) is -3.09. The number of imide groups is 1. The zero-order chi connectivity index (χ0) is 14.3. The highest BCUT2D eigenvalue weighted by molar-refractivity contribution is 7.98. The summed E-state index contributed by atoms with van der Waals surface area (Å²) >= 11 is 1.45. The van der Waals surface area contributed by atoms with Crippen LogP contribution in [0.4, 0.5) is 0 Å². The average molecular weight is 279 g/mol. The second-order valence-electron chi connectivity index (χ2n) is 3.41. The molecule has 2 amide bonds. The molecule has 0 bridgehead atoms. The van der Waals surface area contributed by atoms with Crippen molar-refractivity contribution in [2.45, 2.75) is 18.7 Å². The Morgan fingerprint density at radius 3 is 2.33 bits per heavy atom. The summed E-state index contributed by atoms with van der Waals surface area (Å²) < 4.78 is 0. The summed E-state index contributed by atoms with van der Waals surface area (Å²) in [6, 6.07) is -1.05. The van der Waals surface area contributed by atoms with Crippen molar-refractivity contribution in [2.24, 2.45) is 11.5 Å². The van der Waals surface area contributed by atoms with Crippen molar-refractivity contribution in [3.05, 3.63) is 0 Å². The number of aliphatic hydroxyl groups is 1. The number of hydrogen-bond acceptors (Lipinski definition) is 7. The fourth-order valence-electron chi connectivity index (χ4n) is 1.14. The number of aliphatic carboxylic acids is 1. The van der Waals surface area contributed by atoms with Gasteiger partial charge in [-0.2, -0.15) is 11.8 Å². The van der Waals surface area contributed by atoms with Gasteiger partial charge in [0.15, 0.2) is 0 Å². The molecule has 0 aliphatic heterocycles. The van der Waals surface area contributed by atoms with Crippen LogP contribution in [0.2, 0.25) is 0 Å². The zero-order valence-electron chi connectivity index (χ0n) is 9.91. The minimum Gasteiger partial charge on any atom is -0.478 e. The molecule has 0 radical (unpaired) electrons. The molecule has 18 heavy (non-hydrogen) atoms. The van der Waals surface area contributed by atoms with E-state index < -0.39 is 36.6 Å². The lowest BCUT2D eigenvalue weighted by molar-refractivity contribution is -0.171. The Morgan fingerprint density at radius 1 is 1.39 bits per heavy atom. The number of hydrogen-bond donors (Lipinski definition) is 4. The summed E-state index contributed by atoms with van der Waals surface area (Å²) in [5, 5.41) is 17.9. The number of aliphatic hydroxyl groups excluding tert-OH is 1. The number of amides is 2. The molecule has 0 heterocycles. The summed E-state index contributed by atoms with van der Waals surface area (Å²) in [6.07, 6.45) is -0.193. The molecule has 8 nitrogen and oxygen atoms in total. The number of carbonyl (C=O) groups is 3. The number of nitrogens with zero attached hydrogens (tertiary/aromatic N) is 1. The minimum absolute atomic E-state index is 0.188. The van der Waals surface area contributed by atoms with Gasteiger partial charge in [-0.05, 0) is 18.4 Å². The maximum atomic E-state index is 11.8. The topological polar surface area (TPSA) is 147 Å². The highest BCUT2D eigenvalue weighted by Gasteiger charge is 2.34. The number of rotatable bonds is 7. The summed E-state index contributed by atoms with van der Waals surface area (Å²) in [6.45, 7) is -0.592. The van der Waals surface area contributed by atoms with Crippen LogP contribution < -0.4 is 11.5 Å². The van der Waals surface area contributed by atoms with E-state index in [1.54, 1.807) is 0 Å². The van der Waals surface area contributed by atoms with E-state index in [4.69, 9.17) is 16.6 Å². The van der Waals surface area contributed by atoms with E-state index >= 15 is 0 Å². The van der Waals surface area contributed by atoms with Gasteiger partial charge in [0.2, 0.25) is 18.0 Å². The first-order valence-corrected chi connectivity index (χ1v) is 6.47. The molecule has 2 unspecified atom stereocenters. The third kappa shape index (κ3) is 4.61. The average Bonchev–Trinajstić information content (AvgIpc) is 2.35.